The van der Waals surface area contributed by atoms with Crippen molar-refractivity contribution in [2.45, 2.75) is 58.2 Å². The normalized spacial score (nSPS) is 23.3. The molecule has 0 bridgehead atoms. The Kier molecular flexibility index (Phi) is 9.93. The first kappa shape index (κ1) is 23.0. The molecule has 0 aliphatic carbocycles. The highest BCUT2D eigenvalue weighted by Gasteiger charge is 2.27. The first-order chi connectivity index (χ1) is 14.8. The van der Waals surface area contributed by atoms with Crippen LogP contribution < -0.4 is 10.6 Å². The van der Waals surface area contributed by atoms with Gasteiger partial charge < -0.3 is 24.8 Å². The number of nitrogens with zero attached hydrogens (tertiary/aromatic N) is 1. The van der Waals surface area contributed by atoms with Gasteiger partial charge in [-0.15, -0.1) is 0 Å². The van der Waals surface area contributed by atoms with Crippen LogP contribution in [0.15, 0.2) is 29.3 Å². The molecule has 2 atom stereocenters. The standard InChI is InChI=1S/C24H39N3O3/c1-3-25-24(26-13-5-15-29-22-11-16-28-17-12-22)27-18-21-6-4-14-30-23(21)20-9-7-19(2)8-10-20/h7-10,21-23H,3-6,11-18H2,1-2H3,(H2,25,26,27). The van der Waals surface area contributed by atoms with Crippen LogP contribution in [0.1, 0.15) is 56.3 Å². The Labute approximate surface area is 181 Å². The molecule has 2 N–H and O–H groups in total. The number of ether oxygens (including phenoxy) is 3. The van der Waals surface area contributed by atoms with E-state index in [2.05, 4.69) is 48.7 Å². The van der Waals surface area contributed by atoms with E-state index in [9.17, 15) is 0 Å². The molecular weight excluding hydrogens is 378 g/mol. The van der Waals surface area contributed by atoms with Gasteiger partial charge in [-0.2, -0.15) is 0 Å². The van der Waals surface area contributed by atoms with E-state index in [1.807, 2.05) is 0 Å². The van der Waals surface area contributed by atoms with E-state index in [0.29, 0.717) is 12.0 Å². The van der Waals surface area contributed by atoms with Crippen molar-refractivity contribution < 1.29 is 14.2 Å². The maximum atomic E-state index is 6.14. The van der Waals surface area contributed by atoms with Crippen LogP contribution in [-0.2, 0) is 14.2 Å². The van der Waals surface area contributed by atoms with Crippen LogP contribution in [0.25, 0.3) is 0 Å². The molecule has 1 aromatic carbocycles. The van der Waals surface area contributed by atoms with Gasteiger partial charge in [0.15, 0.2) is 5.96 Å². The van der Waals surface area contributed by atoms with E-state index in [4.69, 9.17) is 19.2 Å². The highest BCUT2D eigenvalue weighted by Crippen LogP contribution is 2.33. The first-order valence-corrected chi connectivity index (χ1v) is 11.7. The Balaban J connectivity index is 1.45. The minimum atomic E-state index is 0.138. The van der Waals surface area contributed by atoms with E-state index in [0.717, 1.165) is 84.1 Å². The van der Waals surface area contributed by atoms with Crippen LogP contribution in [0.2, 0.25) is 0 Å². The topological polar surface area (TPSA) is 64.1 Å². The molecule has 2 unspecified atom stereocenters. The summed E-state index contributed by atoms with van der Waals surface area (Å²) in [5.74, 6) is 1.30. The van der Waals surface area contributed by atoms with Crippen molar-refractivity contribution >= 4 is 5.96 Å². The summed E-state index contributed by atoms with van der Waals surface area (Å²) >= 11 is 0. The molecule has 0 saturated carbocycles. The van der Waals surface area contributed by atoms with Crippen LogP contribution in [0.5, 0.6) is 0 Å². The molecule has 0 spiro atoms. The van der Waals surface area contributed by atoms with Crippen LogP contribution in [0.3, 0.4) is 0 Å². The number of nitrogens with one attached hydrogen (secondary N) is 2. The Morgan fingerprint density at radius 3 is 2.67 bits per heavy atom. The molecule has 168 valence electrons. The second-order valence-electron chi connectivity index (χ2n) is 8.29. The summed E-state index contributed by atoms with van der Waals surface area (Å²) in [5, 5.41) is 6.82. The van der Waals surface area contributed by atoms with Gasteiger partial charge in [-0.25, -0.2) is 0 Å². The van der Waals surface area contributed by atoms with Crippen LogP contribution in [-0.4, -0.2) is 58.1 Å². The second-order valence-corrected chi connectivity index (χ2v) is 8.29. The molecule has 2 aliphatic heterocycles. The average Bonchev–Trinajstić information content (AvgIpc) is 2.79. The Hall–Kier alpha value is -1.63. The molecule has 0 aromatic heterocycles. The minimum absolute atomic E-state index is 0.138. The van der Waals surface area contributed by atoms with E-state index in [1.54, 1.807) is 0 Å². The highest BCUT2D eigenvalue weighted by molar-refractivity contribution is 5.79. The van der Waals surface area contributed by atoms with Gasteiger partial charge in [-0.1, -0.05) is 29.8 Å². The molecule has 6 nitrogen and oxygen atoms in total. The summed E-state index contributed by atoms with van der Waals surface area (Å²) in [4.78, 5) is 4.88. The molecule has 2 saturated heterocycles. The van der Waals surface area contributed by atoms with E-state index >= 15 is 0 Å². The van der Waals surface area contributed by atoms with Crippen molar-refractivity contribution in [2.24, 2.45) is 10.9 Å². The summed E-state index contributed by atoms with van der Waals surface area (Å²) < 4.78 is 17.5. The van der Waals surface area contributed by atoms with Crippen LogP contribution in [0.4, 0.5) is 0 Å². The molecule has 2 fully saturated rings. The lowest BCUT2D eigenvalue weighted by atomic mass is 9.89. The number of aryl methyl sites for hydroxylation is 1. The number of hydrogen-bond donors (Lipinski definition) is 2. The lowest BCUT2D eigenvalue weighted by molar-refractivity contribution is -0.0320. The molecule has 1 aromatic rings. The quantitative estimate of drug-likeness (QED) is 0.365. The number of hydrogen-bond acceptors (Lipinski definition) is 4. The fourth-order valence-electron chi connectivity index (χ4n) is 4.08. The van der Waals surface area contributed by atoms with Gasteiger partial charge in [0, 0.05) is 52.0 Å². The van der Waals surface area contributed by atoms with E-state index in [1.165, 1.54) is 11.1 Å². The molecule has 3 rings (SSSR count). The summed E-state index contributed by atoms with van der Waals surface area (Å²) in [5.41, 5.74) is 2.55. The Morgan fingerprint density at radius 2 is 1.90 bits per heavy atom. The van der Waals surface area contributed by atoms with Crippen molar-refractivity contribution in [3.05, 3.63) is 35.4 Å². The van der Waals surface area contributed by atoms with Crippen LogP contribution in [0, 0.1) is 12.8 Å². The van der Waals surface area contributed by atoms with Crippen molar-refractivity contribution in [1.29, 1.82) is 0 Å². The van der Waals surface area contributed by atoms with Gasteiger partial charge in [0.05, 0.1) is 12.2 Å². The molecule has 0 amide bonds. The molecule has 2 aliphatic rings. The molecule has 6 heteroatoms. The summed E-state index contributed by atoms with van der Waals surface area (Å²) in [6, 6.07) is 8.73. The number of guanidine groups is 1. The number of benzene rings is 1. The molecular formula is C24H39N3O3. The van der Waals surface area contributed by atoms with Gasteiger partial charge in [-0.05, 0) is 51.5 Å². The fraction of sp³-hybridized carbons (Fsp3) is 0.708. The fourth-order valence-corrected chi connectivity index (χ4v) is 4.08. The van der Waals surface area contributed by atoms with Crippen LogP contribution >= 0.6 is 0 Å². The highest BCUT2D eigenvalue weighted by atomic mass is 16.5. The van der Waals surface area contributed by atoms with Gasteiger partial charge >= 0.3 is 0 Å². The zero-order valence-corrected chi connectivity index (χ0v) is 18.7. The molecule has 30 heavy (non-hydrogen) atoms. The predicted octanol–water partition coefficient (Wildman–Crippen LogP) is 3.60. The van der Waals surface area contributed by atoms with Crippen molar-refractivity contribution in [3.8, 4) is 0 Å². The number of aliphatic imine (C=N–C) groups is 1. The largest absolute Gasteiger partial charge is 0.381 e. The van der Waals surface area contributed by atoms with Gasteiger partial charge in [0.25, 0.3) is 0 Å². The maximum absolute atomic E-state index is 6.14. The zero-order valence-electron chi connectivity index (χ0n) is 18.7. The average molecular weight is 418 g/mol. The first-order valence-electron chi connectivity index (χ1n) is 11.7. The monoisotopic (exact) mass is 417 g/mol. The molecule has 0 radical (unpaired) electrons. The lowest BCUT2D eigenvalue weighted by Gasteiger charge is -2.31. The van der Waals surface area contributed by atoms with Crippen molar-refractivity contribution in [2.75, 3.05) is 46.1 Å². The third-order valence-corrected chi connectivity index (χ3v) is 5.81. The van der Waals surface area contributed by atoms with Crippen molar-refractivity contribution in [3.63, 3.8) is 0 Å². The minimum Gasteiger partial charge on any atom is -0.381 e. The van der Waals surface area contributed by atoms with Gasteiger partial charge in [-0.3, -0.25) is 4.99 Å². The predicted molar refractivity (Wildman–Crippen MR) is 121 cm³/mol. The summed E-state index contributed by atoms with van der Waals surface area (Å²) in [6.07, 6.45) is 5.77. The lowest BCUT2D eigenvalue weighted by Crippen LogP contribution is -2.39. The number of rotatable bonds is 9. The van der Waals surface area contributed by atoms with Gasteiger partial charge in [0.1, 0.15) is 0 Å². The smallest absolute Gasteiger partial charge is 0.191 e. The zero-order chi connectivity index (χ0) is 21.0. The molecule has 2 heterocycles. The Bertz CT molecular complexity index is 629. The summed E-state index contributed by atoms with van der Waals surface area (Å²) in [7, 11) is 0. The van der Waals surface area contributed by atoms with Crippen molar-refractivity contribution in [1.82, 2.24) is 10.6 Å². The summed E-state index contributed by atoms with van der Waals surface area (Å²) in [6.45, 7) is 9.98. The second kappa shape index (κ2) is 12.9. The van der Waals surface area contributed by atoms with E-state index < -0.39 is 0 Å². The van der Waals surface area contributed by atoms with Gasteiger partial charge in [0.2, 0.25) is 0 Å². The SMILES string of the molecule is CCNC(=NCC1CCCOC1c1ccc(C)cc1)NCCCOC1CCOCC1. The van der Waals surface area contributed by atoms with E-state index in [-0.39, 0.29) is 6.10 Å². The maximum Gasteiger partial charge on any atom is 0.191 e. The Morgan fingerprint density at radius 1 is 1.10 bits per heavy atom. The third kappa shape index (κ3) is 7.56. The third-order valence-electron chi connectivity index (χ3n) is 5.81.